The number of benzene rings is 1. The van der Waals surface area contributed by atoms with E-state index in [1.165, 1.54) is 11.8 Å². The molecule has 6 nitrogen and oxygen atoms in total. The van der Waals surface area contributed by atoms with Gasteiger partial charge >= 0.3 is 0 Å². The molecule has 0 spiro atoms. The second kappa shape index (κ2) is 10.8. The highest BCUT2D eigenvalue weighted by Gasteiger charge is 2.22. The monoisotopic (exact) mass is 423 g/mol. The number of unbranched alkanes of at least 4 members (excludes halogenated alkanes) is 1. The summed E-state index contributed by atoms with van der Waals surface area (Å²) in [6, 6.07) is 5.71. The van der Waals surface area contributed by atoms with Gasteiger partial charge in [-0.25, -0.2) is 0 Å². The molecule has 0 fully saturated rings. The van der Waals surface area contributed by atoms with Gasteiger partial charge in [0.05, 0.1) is 11.8 Å². The number of rotatable bonds is 10. The Labute approximate surface area is 177 Å². The second-order valence-corrected chi connectivity index (χ2v) is 8.33. The summed E-state index contributed by atoms with van der Waals surface area (Å²) in [7, 11) is 4.11. The van der Waals surface area contributed by atoms with Crippen LogP contribution in [0.5, 0.6) is 0 Å². The number of carbonyl (C=O) groups is 1. The maximum Gasteiger partial charge on any atom is 0.234 e. The summed E-state index contributed by atoms with van der Waals surface area (Å²) in [4.78, 5) is 14.6. The lowest BCUT2D eigenvalue weighted by molar-refractivity contribution is -0.113. The lowest BCUT2D eigenvalue weighted by atomic mass is 10.2. The third-order valence-corrected chi connectivity index (χ3v) is 6.04. The summed E-state index contributed by atoms with van der Waals surface area (Å²) in [5, 5.41) is 13.2. The SMILES string of the molecule is CCCCn1c(SCC(=O)Nc2cccc(Cl)c2C)nnc1C(CC)N(C)C. The van der Waals surface area contributed by atoms with Gasteiger partial charge in [0.25, 0.3) is 0 Å². The molecule has 0 aliphatic heterocycles. The van der Waals surface area contributed by atoms with E-state index < -0.39 is 0 Å². The van der Waals surface area contributed by atoms with Gasteiger partial charge in [0, 0.05) is 17.3 Å². The van der Waals surface area contributed by atoms with Crippen LogP contribution < -0.4 is 5.32 Å². The van der Waals surface area contributed by atoms with Gasteiger partial charge in [0.1, 0.15) is 0 Å². The number of nitrogens with zero attached hydrogens (tertiary/aromatic N) is 4. The summed E-state index contributed by atoms with van der Waals surface area (Å²) in [5.74, 6) is 1.16. The fraction of sp³-hybridized carbons (Fsp3) is 0.550. The van der Waals surface area contributed by atoms with Crippen molar-refractivity contribution in [1.82, 2.24) is 19.7 Å². The molecule has 0 saturated heterocycles. The molecule has 0 aliphatic carbocycles. The van der Waals surface area contributed by atoms with Crippen LogP contribution in [0.1, 0.15) is 50.5 Å². The fourth-order valence-corrected chi connectivity index (χ4v) is 3.96. The number of halogens is 1. The molecule has 0 radical (unpaired) electrons. The second-order valence-electron chi connectivity index (χ2n) is 6.98. The molecule has 0 aliphatic rings. The van der Waals surface area contributed by atoms with Crippen LogP contribution in [0.4, 0.5) is 5.69 Å². The molecule has 0 bridgehead atoms. The van der Waals surface area contributed by atoms with Crippen molar-refractivity contribution in [3.05, 3.63) is 34.6 Å². The van der Waals surface area contributed by atoms with Crippen molar-refractivity contribution in [3.63, 3.8) is 0 Å². The Morgan fingerprint density at radius 1 is 1.32 bits per heavy atom. The summed E-state index contributed by atoms with van der Waals surface area (Å²) >= 11 is 7.55. The van der Waals surface area contributed by atoms with Gasteiger partial charge in [0.15, 0.2) is 11.0 Å². The molecule has 1 amide bonds. The number of thioether (sulfide) groups is 1. The van der Waals surface area contributed by atoms with E-state index in [9.17, 15) is 4.79 Å². The molecule has 154 valence electrons. The Hall–Kier alpha value is -1.57. The van der Waals surface area contributed by atoms with Crippen LogP contribution in [0, 0.1) is 6.92 Å². The lowest BCUT2D eigenvalue weighted by Gasteiger charge is -2.23. The Morgan fingerprint density at radius 2 is 2.07 bits per heavy atom. The molecule has 1 unspecified atom stereocenters. The van der Waals surface area contributed by atoms with Gasteiger partial charge in [-0.2, -0.15) is 0 Å². The molecule has 2 aromatic rings. The summed E-state index contributed by atoms with van der Waals surface area (Å²) in [5.41, 5.74) is 1.61. The van der Waals surface area contributed by atoms with Crippen molar-refractivity contribution in [2.75, 3.05) is 25.2 Å². The van der Waals surface area contributed by atoms with Crippen LogP contribution in [-0.4, -0.2) is 45.4 Å². The third-order valence-electron chi connectivity index (χ3n) is 4.66. The predicted octanol–water partition coefficient (Wildman–Crippen LogP) is 4.78. The minimum atomic E-state index is -0.0818. The minimum Gasteiger partial charge on any atom is -0.325 e. The maximum atomic E-state index is 12.4. The molecule has 1 aromatic heterocycles. The minimum absolute atomic E-state index is 0.0818. The molecule has 1 N–H and O–H groups in total. The quantitative estimate of drug-likeness (QED) is 0.557. The molecule has 28 heavy (non-hydrogen) atoms. The van der Waals surface area contributed by atoms with E-state index >= 15 is 0 Å². The third kappa shape index (κ3) is 5.72. The maximum absolute atomic E-state index is 12.4. The van der Waals surface area contributed by atoms with Crippen molar-refractivity contribution < 1.29 is 4.79 Å². The highest BCUT2D eigenvalue weighted by Crippen LogP contribution is 2.27. The Morgan fingerprint density at radius 3 is 2.71 bits per heavy atom. The number of aromatic nitrogens is 3. The van der Waals surface area contributed by atoms with Crippen LogP contribution in [0.25, 0.3) is 0 Å². The van der Waals surface area contributed by atoms with Crippen molar-refractivity contribution in [1.29, 1.82) is 0 Å². The van der Waals surface area contributed by atoms with Gasteiger partial charge in [-0.15, -0.1) is 10.2 Å². The zero-order valence-corrected chi connectivity index (χ0v) is 18.9. The van der Waals surface area contributed by atoms with Crippen molar-refractivity contribution >= 4 is 35.0 Å². The number of hydrogen-bond donors (Lipinski definition) is 1. The first-order chi connectivity index (χ1) is 13.4. The lowest BCUT2D eigenvalue weighted by Crippen LogP contribution is -2.23. The molecule has 1 aromatic carbocycles. The molecular formula is C20H30ClN5OS. The molecule has 8 heteroatoms. The topological polar surface area (TPSA) is 63.1 Å². The molecule has 1 heterocycles. The van der Waals surface area contributed by atoms with E-state index in [1.54, 1.807) is 0 Å². The highest BCUT2D eigenvalue weighted by atomic mass is 35.5. The largest absolute Gasteiger partial charge is 0.325 e. The van der Waals surface area contributed by atoms with Crippen LogP contribution in [0.2, 0.25) is 5.02 Å². The summed E-state index contributed by atoms with van der Waals surface area (Å²) in [6.45, 7) is 7.07. The number of hydrogen-bond acceptors (Lipinski definition) is 5. The fourth-order valence-electron chi connectivity index (χ4n) is 3.02. The van der Waals surface area contributed by atoms with E-state index in [4.69, 9.17) is 11.6 Å². The van der Waals surface area contributed by atoms with Crippen molar-refractivity contribution in [2.24, 2.45) is 0 Å². The summed E-state index contributed by atoms with van der Waals surface area (Å²) < 4.78 is 2.17. The average Bonchev–Trinajstić information content (AvgIpc) is 3.05. The van der Waals surface area contributed by atoms with E-state index in [0.29, 0.717) is 5.02 Å². The Kier molecular flexibility index (Phi) is 8.79. The molecule has 0 saturated carbocycles. The predicted molar refractivity (Wildman–Crippen MR) is 117 cm³/mol. The smallest absolute Gasteiger partial charge is 0.234 e. The van der Waals surface area contributed by atoms with Crippen molar-refractivity contribution in [3.8, 4) is 0 Å². The average molecular weight is 424 g/mol. The van der Waals surface area contributed by atoms with Gasteiger partial charge in [-0.3, -0.25) is 9.69 Å². The number of amides is 1. The highest BCUT2D eigenvalue weighted by molar-refractivity contribution is 7.99. The molecule has 2 rings (SSSR count). The molecule has 1 atom stereocenters. The Balaban J connectivity index is 2.11. The first-order valence-electron chi connectivity index (χ1n) is 9.66. The van der Waals surface area contributed by atoms with E-state index in [-0.39, 0.29) is 17.7 Å². The number of nitrogens with one attached hydrogen (secondary N) is 1. The van der Waals surface area contributed by atoms with Gasteiger partial charge in [-0.1, -0.05) is 49.7 Å². The van der Waals surface area contributed by atoms with Crippen LogP contribution in [0.15, 0.2) is 23.4 Å². The van der Waals surface area contributed by atoms with E-state index in [2.05, 4.69) is 52.9 Å². The number of anilines is 1. The normalized spacial score (nSPS) is 12.4. The zero-order chi connectivity index (χ0) is 20.7. The van der Waals surface area contributed by atoms with E-state index in [1.807, 2.05) is 25.1 Å². The van der Waals surface area contributed by atoms with Gasteiger partial charge in [0.2, 0.25) is 5.91 Å². The first-order valence-corrected chi connectivity index (χ1v) is 11.0. The number of carbonyl (C=O) groups excluding carboxylic acids is 1. The van der Waals surface area contributed by atoms with Gasteiger partial charge < -0.3 is 9.88 Å². The summed E-state index contributed by atoms with van der Waals surface area (Å²) in [6.07, 6.45) is 3.10. The van der Waals surface area contributed by atoms with Gasteiger partial charge in [-0.05, 0) is 51.6 Å². The molecular weight excluding hydrogens is 394 g/mol. The Bertz CT molecular complexity index is 793. The van der Waals surface area contributed by atoms with Crippen LogP contribution in [-0.2, 0) is 11.3 Å². The standard InChI is InChI=1S/C20H30ClN5OS/c1-6-8-12-26-19(17(7-2)25(4)5)23-24-20(26)28-13-18(27)22-16-11-9-10-15(21)14(16)3/h9-11,17H,6-8,12-13H2,1-5H3,(H,22,27). The zero-order valence-electron chi connectivity index (χ0n) is 17.3. The first kappa shape index (κ1) is 22.7. The van der Waals surface area contributed by atoms with E-state index in [0.717, 1.165) is 48.0 Å². The van der Waals surface area contributed by atoms with Crippen molar-refractivity contribution in [2.45, 2.75) is 57.8 Å². The van der Waals surface area contributed by atoms with Crippen LogP contribution >= 0.6 is 23.4 Å². The van der Waals surface area contributed by atoms with Crippen LogP contribution in [0.3, 0.4) is 0 Å².